The highest BCUT2D eigenvalue weighted by atomic mass is 16.1. The number of rotatable bonds is 5. The van der Waals surface area contributed by atoms with Gasteiger partial charge in [-0.2, -0.15) is 0 Å². The summed E-state index contributed by atoms with van der Waals surface area (Å²) in [4.78, 5) is 17.9. The summed E-state index contributed by atoms with van der Waals surface area (Å²) in [6.07, 6.45) is 2.93. The van der Waals surface area contributed by atoms with Crippen LogP contribution in [-0.2, 0) is 4.79 Å². The van der Waals surface area contributed by atoms with E-state index in [0.717, 1.165) is 37.4 Å². The molecule has 20 heavy (non-hydrogen) atoms. The minimum atomic E-state index is 0.0461. The van der Waals surface area contributed by atoms with Crippen molar-refractivity contribution in [2.75, 3.05) is 24.5 Å². The summed E-state index contributed by atoms with van der Waals surface area (Å²) in [5.74, 6) is 0.0461. The summed E-state index contributed by atoms with van der Waals surface area (Å²) in [6.45, 7) is 8.56. The largest absolute Gasteiger partial charge is 0.368 e. The van der Waals surface area contributed by atoms with Crippen LogP contribution >= 0.6 is 0 Å². The average molecular weight is 276 g/mol. The predicted octanol–water partition coefficient (Wildman–Crippen LogP) is 1.47. The number of carbonyl (C=O) groups excluding carboxylic acids is 1. The maximum atomic E-state index is 11.1. The first-order chi connectivity index (χ1) is 9.60. The molecule has 1 aliphatic heterocycles. The van der Waals surface area contributed by atoms with Crippen LogP contribution in [0, 0.1) is 0 Å². The molecule has 0 aromatic carbocycles. The van der Waals surface area contributed by atoms with Crippen molar-refractivity contribution in [3.05, 3.63) is 24.0 Å². The highest BCUT2D eigenvalue weighted by Gasteiger charge is 2.23. The number of nitrogens with zero attached hydrogens (tertiary/aromatic N) is 2. The van der Waals surface area contributed by atoms with Crippen LogP contribution in [0.2, 0.25) is 0 Å². The Morgan fingerprint density at radius 2 is 2.35 bits per heavy atom. The molecule has 2 heterocycles. The fraction of sp³-hybridized carbons (Fsp3) is 0.600. The van der Waals surface area contributed by atoms with Crippen molar-refractivity contribution in [3.63, 3.8) is 0 Å². The first-order valence-corrected chi connectivity index (χ1v) is 7.31. The molecule has 2 unspecified atom stereocenters. The molecule has 0 saturated carbocycles. The van der Waals surface area contributed by atoms with Crippen molar-refractivity contribution >= 4 is 11.6 Å². The second kappa shape index (κ2) is 6.70. The third-order valence-corrected chi connectivity index (χ3v) is 3.69. The van der Waals surface area contributed by atoms with Crippen molar-refractivity contribution in [3.8, 4) is 0 Å². The van der Waals surface area contributed by atoms with Crippen molar-refractivity contribution in [2.45, 2.75) is 39.3 Å². The Labute approximate surface area is 120 Å². The van der Waals surface area contributed by atoms with Crippen LogP contribution in [0.3, 0.4) is 0 Å². The summed E-state index contributed by atoms with van der Waals surface area (Å²) in [7, 11) is 0. The van der Waals surface area contributed by atoms with Gasteiger partial charge in [0.15, 0.2) is 0 Å². The normalized spacial score (nSPS) is 19.9. The van der Waals surface area contributed by atoms with E-state index in [1.165, 1.54) is 0 Å². The highest BCUT2D eigenvalue weighted by Crippen LogP contribution is 2.21. The fourth-order valence-electron chi connectivity index (χ4n) is 2.65. The van der Waals surface area contributed by atoms with Crippen molar-refractivity contribution < 1.29 is 4.79 Å². The number of hydrogen-bond acceptors (Lipinski definition) is 4. The molecular weight excluding hydrogens is 252 g/mol. The van der Waals surface area contributed by atoms with Crippen LogP contribution in [0.25, 0.3) is 0 Å². The Kier molecular flexibility index (Phi) is 4.95. The van der Waals surface area contributed by atoms with Gasteiger partial charge in [-0.3, -0.25) is 9.78 Å². The Hall–Kier alpha value is -1.62. The van der Waals surface area contributed by atoms with E-state index < -0.39 is 0 Å². The zero-order chi connectivity index (χ0) is 14.5. The summed E-state index contributed by atoms with van der Waals surface area (Å²) >= 11 is 0. The lowest BCUT2D eigenvalue weighted by atomic mass is 10.2. The topological polar surface area (TPSA) is 57.3 Å². The Bertz CT molecular complexity index is 446. The molecule has 2 rings (SSSR count). The molecule has 0 spiro atoms. The number of amides is 1. The van der Waals surface area contributed by atoms with Gasteiger partial charge in [-0.15, -0.1) is 0 Å². The van der Waals surface area contributed by atoms with E-state index in [-0.39, 0.29) is 18.0 Å². The molecule has 0 aliphatic carbocycles. The van der Waals surface area contributed by atoms with Gasteiger partial charge in [-0.1, -0.05) is 6.92 Å². The third kappa shape index (κ3) is 3.70. The van der Waals surface area contributed by atoms with Gasteiger partial charge in [0.05, 0.1) is 17.6 Å². The Balaban J connectivity index is 1.95. The maximum absolute atomic E-state index is 11.1. The van der Waals surface area contributed by atoms with Gasteiger partial charge in [0.1, 0.15) is 0 Å². The second-order valence-electron chi connectivity index (χ2n) is 5.35. The van der Waals surface area contributed by atoms with Crippen LogP contribution in [0.4, 0.5) is 5.69 Å². The Morgan fingerprint density at radius 3 is 2.95 bits per heavy atom. The molecule has 1 fully saturated rings. The number of pyridine rings is 1. The molecule has 5 nitrogen and oxygen atoms in total. The lowest BCUT2D eigenvalue weighted by Crippen LogP contribution is -2.35. The van der Waals surface area contributed by atoms with Crippen LogP contribution < -0.4 is 15.5 Å². The molecule has 1 saturated heterocycles. The summed E-state index contributed by atoms with van der Waals surface area (Å²) in [5.41, 5.74) is 2.19. The zero-order valence-electron chi connectivity index (χ0n) is 12.5. The minimum Gasteiger partial charge on any atom is -0.368 e. The Morgan fingerprint density at radius 1 is 1.55 bits per heavy atom. The molecule has 0 radical (unpaired) electrons. The smallest absolute Gasteiger partial charge is 0.217 e. The quantitative estimate of drug-likeness (QED) is 0.855. The third-order valence-electron chi connectivity index (χ3n) is 3.69. The van der Waals surface area contributed by atoms with Crippen LogP contribution in [-0.4, -0.2) is 36.6 Å². The van der Waals surface area contributed by atoms with E-state index in [1.54, 1.807) is 6.92 Å². The van der Waals surface area contributed by atoms with Gasteiger partial charge in [-0.05, 0) is 32.0 Å². The summed E-state index contributed by atoms with van der Waals surface area (Å²) in [6, 6.07) is 4.73. The minimum absolute atomic E-state index is 0.0461. The first kappa shape index (κ1) is 14.8. The van der Waals surface area contributed by atoms with Crippen LogP contribution in [0.15, 0.2) is 18.3 Å². The van der Waals surface area contributed by atoms with Gasteiger partial charge in [0.25, 0.3) is 0 Å². The molecule has 1 aromatic heterocycles. The second-order valence-corrected chi connectivity index (χ2v) is 5.35. The van der Waals surface area contributed by atoms with E-state index in [4.69, 9.17) is 0 Å². The molecule has 5 heteroatoms. The number of nitrogens with one attached hydrogen (secondary N) is 2. The monoisotopic (exact) mass is 276 g/mol. The molecule has 0 bridgehead atoms. The summed E-state index contributed by atoms with van der Waals surface area (Å²) in [5, 5.41) is 6.33. The molecular formula is C15H24N4O. The number of anilines is 1. The SMILES string of the molecule is CCNC(C)c1ccc(N2CCC(NC(C)=O)C2)cn1. The van der Waals surface area contributed by atoms with Gasteiger partial charge in [0, 0.05) is 32.1 Å². The zero-order valence-corrected chi connectivity index (χ0v) is 12.5. The first-order valence-electron chi connectivity index (χ1n) is 7.31. The van der Waals surface area contributed by atoms with Crippen molar-refractivity contribution in [2.24, 2.45) is 0 Å². The van der Waals surface area contributed by atoms with E-state index in [9.17, 15) is 4.79 Å². The highest BCUT2D eigenvalue weighted by molar-refractivity contribution is 5.73. The van der Waals surface area contributed by atoms with Gasteiger partial charge in [0.2, 0.25) is 5.91 Å². The molecule has 1 aromatic rings. The lowest BCUT2D eigenvalue weighted by Gasteiger charge is -2.19. The van der Waals surface area contributed by atoms with Crippen LogP contribution in [0.1, 0.15) is 38.9 Å². The molecule has 2 N–H and O–H groups in total. The van der Waals surface area contributed by atoms with E-state index >= 15 is 0 Å². The van der Waals surface area contributed by atoms with Gasteiger partial charge < -0.3 is 15.5 Å². The lowest BCUT2D eigenvalue weighted by molar-refractivity contribution is -0.119. The fourth-order valence-corrected chi connectivity index (χ4v) is 2.65. The van der Waals surface area contributed by atoms with Crippen LogP contribution in [0.5, 0.6) is 0 Å². The average Bonchev–Trinajstić information content (AvgIpc) is 2.87. The molecule has 110 valence electrons. The van der Waals surface area contributed by atoms with E-state index in [0.29, 0.717) is 0 Å². The number of carbonyl (C=O) groups is 1. The van der Waals surface area contributed by atoms with E-state index in [1.807, 2.05) is 6.20 Å². The van der Waals surface area contributed by atoms with Gasteiger partial charge in [-0.25, -0.2) is 0 Å². The van der Waals surface area contributed by atoms with E-state index in [2.05, 4.69) is 46.5 Å². The molecule has 1 aliphatic rings. The molecule has 2 atom stereocenters. The number of aromatic nitrogens is 1. The van der Waals surface area contributed by atoms with Crippen molar-refractivity contribution in [1.29, 1.82) is 0 Å². The standard InChI is InChI=1S/C15H24N4O/c1-4-16-11(2)15-6-5-14(9-17-15)19-8-7-13(10-19)18-12(3)20/h5-6,9,11,13,16H,4,7-8,10H2,1-3H3,(H,18,20). The molecule has 1 amide bonds. The summed E-state index contributed by atoms with van der Waals surface area (Å²) < 4.78 is 0. The maximum Gasteiger partial charge on any atom is 0.217 e. The van der Waals surface area contributed by atoms with Crippen molar-refractivity contribution in [1.82, 2.24) is 15.6 Å². The number of hydrogen-bond donors (Lipinski definition) is 2. The predicted molar refractivity (Wildman–Crippen MR) is 80.8 cm³/mol. The van der Waals surface area contributed by atoms with Gasteiger partial charge >= 0.3 is 0 Å².